The maximum atomic E-state index is 14.7. The minimum Gasteiger partial charge on any atom is -0.462 e. The standard InChI is InChI=1S/C23H37F2N4O8P/c1-6-8-16(9-7-2)19(30)26-18-10-11-29(22(32)27-18)21-23(24,25)12-17(37-21)13-35-38(33,34)28-15(5)20(31)36-14(3)4/h10-11,14-17,21H,6-9,12-13H2,1-5H3,(H2,28,33,34)(H,26,27,30,32)/t15-,17+,21-/m1/s1. The molecule has 1 aromatic rings. The minimum atomic E-state index is -4.58. The van der Waals surface area contributed by atoms with Crippen molar-refractivity contribution in [3.8, 4) is 0 Å². The quantitative estimate of drug-likeness (QED) is 0.225. The van der Waals surface area contributed by atoms with Crippen LogP contribution in [0, 0.1) is 5.92 Å². The number of halogens is 2. The number of anilines is 1. The van der Waals surface area contributed by atoms with Crippen molar-refractivity contribution in [3.05, 3.63) is 22.7 Å². The smallest absolute Gasteiger partial charge is 0.403 e. The van der Waals surface area contributed by atoms with Gasteiger partial charge in [-0.3, -0.25) is 18.7 Å². The van der Waals surface area contributed by atoms with Crippen molar-refractivity contribution >= 4 is 25.4 Å². The average molecular weight is 567 g/mol. The molecule has 1 aromatic heterocycles. The molecule has 15 heteroatoms. The normalized spacial score (nSPS) is 21.3. The number of ether oxygens (including phenoxy) is 2. The molecule has 2 heterocycles. The van der Waals surface area contributed by atoms with Crippen molar-refractivity contribution in [3.63, 3.8) is 0 Å². The van der Waals surface area contributed by atoms with Crippen molar-refractivity contribution in [2.45, 2.75) is 97.1 Å². The SMILES string of the molecule is CCCC(CCC)C(=O)Nc1ccn([C@@H]2O[C@H](COP(=O)(O)N[C@H](C)C(=O)OC(C)C)CC2(F)F)c(=O)n1. The molecule has 2 rings (SSSR count). The lowest BCUT2D eigenvalue weighted by Gasteiger charge is -2.21. The van der Waals surface area contributed by atoms with Crippen LogP contribution in [0.1, 0.15) is 73.0 Å². The van der Waals surface area contributed by atoms with Gasteiger partial charge >= 0.3 is 19.4 Å². The molecule has 0 saturated carbocycles. The van der Waals surface area contributed by atoms with Crippen LogP contribution in [0.4, 0.5) is 14.6 Å². The van der Waals surface area contributed by atoms with E-state index in [1.54, 1.807) is 13.8 Å². The summed E-state index contributed by atoms with van der Waals surface area (Å²) < 4.78 is 57.4. The highest BCUT2D eigenvalue weighted by atomic mass is 31.2. The fourth-order valence-electron chi connectivity index (χ4n) is 3.95. The predicted octanol–water partition coefficient (Wildman–Crippen LogP) is 3.37. The van der Waals surface area contributed by atoms with Crippen LogP contribution < -0.4 is 16.1 Å². The van der Waals surface area contributed by atoms with Gasteiger partial charge in [0.25, 0.3) is 5.92 Å². The molecule has 0 spiro atoms. The third-order valence-corrected chi connectivity index (χ3v) is 6.87. The Balaban J connectivity index is 2.03. The predicted molar refractivity (Wildman–Crippen MR) is 134 cm³/mol. The van der Waals surface area contributed by atoms with E-state index in [-0.39, 0.29) is 17.6 Å². The van der Waals surface area contributed by atoms with E-state index in [4.69, 9.17) is 14.0 Å². The van der Waals surface area contributed by atoms with Crippen molar-refractivity contribution in [2.75, 3.05) is 11.9 Å². The fourth-order valence-corrected chi connectivity index (χ4v) is 4.99. The van der Waals surface area contributed by atoms with Crippen molar-refractivity contribution < 1.29 is 41.8 Å². The number of nitrogens with one attached hydrogen (secondary N) is 2. The Labute approximate surface area is 220 Å². The Bertz CT molecular complexity index is 1060. The number of amides is 1. The molecule has 3 N–H and O–H groups in total. The van der Waals surface area contributed by atoms with E-state index >= 15 is 0 Å². The number of aromatic nitrogens is 2. The number of hydrogen-bond acceptors (Lipinski definition) is 8. The number of esters is 1. The van der Waals surface area contributed by atoms with Gasteiger partial charge in [-0.25, -0.2) is 23.2 Å². The van der Waals surface area contributed by atoms with Crippen molar-refractivity contribution in [1.82, 2.24) is 14.6 Å². The average Bonchev–Trinajstić information content (AvgIpc) is 3.11. The van der Waals surface area contributed by atoms with Gasteiger partial charge in [-0.05, 0) is 39.7 Å². The van der Waals surface area contributed by atoms with E-state index in [2.05, 4.69) is 15.4 Å². The van der Waals surface area contributed by atoms with E-state index in [0.717, 1.165) is 19.0 Å². The molecule has 216 valence electrons. The number of hydrogen-bond donors (Lipinski definition) is 3. The van der Waals surface area contributed by atoms with Gasteiger partial charge in [-0.15, -0.1) is 0 Å². The molecule has 1 fully saturated rings. The zero-order valence-electron chi connectivity index (χ0n) is 22.2. The van der Waals surface area contributed by atoms with Crippen LogP contribution >= 0.6 is 7.75 Å². The molecule has 0 bridgehead atoms. The van der Waals surface area contributed by atoms with Crippen LogP contribution in [-0.4, -0.2) is 57.1 Å². The molecule has 1 unspecified atom stereocenters. The molecule has 1 saturated heterocycles. The third kappa shape index (κ3) is 9.19. The largest absolute Gasteiger partial charge is 0.462 e. The number of carbonyl (C=O) groups excluding carboxylic acids is 2. The van der Waals surface area contributed by atoms with Crippen LogP contribution in [-0.2, 0) is 28.2 Å². The van der Waals surface area contributed by atoms with E-state index in [0.29, 0.717) is 17.4 Å². The van der Waals surface area contributed by atoms with Gasteiger partial charge in [-0.1, -0.05) is 26.7 Å². The summed E-state index contributed by atoms with van der Waals surface area (Å²) in [6, 6.07) is 0.0239. The van der Waals surface area contributed by atoms with E-state index in [1.807, 2.05) is 13.8 Å². The highest BCUT2D eigenvalue weighted by molar-refractivity contribution is 7.50. The summed E-state index contributed by atoms with van der Waals surface area (Å²) >= 11 is 0. The van der Waals surface area contributed by atoms with Crippen molar-refractivity contribution in [1.29, 1.82) is 0 Å². The molecule has 1 amide bonds. The summed E-state index contributed by atoms with van der Waals surface area (Å²) in [7, 11) is -4.58. The first-order chi connectivity index (χ1) is 17.7. The second kappa shape index (κ2) is 13.7. The summed E-state index contributed by atoms with van der Waals surface area (Å²) in [4.78, 5) is 50.5. The van der Waals surface area contributed by atoms with Crippen LogP contribution in [0.15, 0.2) is 17.1 Å². The summed E-state index contributed by atoms with van der Waals surface area (Å²) in [5.41, 5.74) is -1.07. The van der Waals surface area contributed by atoms with E-state index in [1.165, 1.54) is 13.0 Å². The molecule has 0 aromatic carbocycles. The molecule has 12 nitrogen and oxygen atoms in total. The first-order valence-corrected chi connectivity index (χ1v) is 14.2. The molecule has 1 aliphatic rings. The maximum Gasteiger partial charge on any atom is 0.403 e. The van der Waals surface area contributed by atoms with Gasteiger partial charge < -0.3 is 19.7 Å². The van der Waals surface area contributed by atoms with Crippen molar-refractivity contribution in [2.24, 2.45) is 5.92 Å². The van der Waals surface area contributed by atoms with E-state index < -0.39 is 62.8 Å². The lowest BCUT2D eigenvalue weighted by Crippen LogP contribution is -2.35. The summed E-state index contributed by atoms with van der Waals surface area (Å²) in [5, 5.41) is 4.63. The second-order valence-electron chi connectivity index (χ2n) is 9.49. The summed E-state index contributed by atoms with van der Waals surface area (Å²) in [6.07, 6.45) is -0.747. The molecular formula is C23H37F2N4O8P. The molecular weight excluding hydrogens is 529 g/mol. The maximum absolute atomic E-state index is 14.7. The second-order valence-corrected chi connectivity index (χ2v) is 11.1. The van der Waals surface area contributed by atoms with E-state index in [9.17, 15) is 32.6 Å². The Kier molecular flexibility index (Phi) is 11.5. The number of rotatable bonds is 14. The topological polar surface area (TPSA) is 158 Å². The number of alkyl halides is 2. The van der Waals surface area contributed by atoms with Gasteiger partial charge in [0.1, 0.15) is 11.9 Å². The first kappa shape index (κ1) is 32.0. The number of nitrogens with zero attached hydrogens (tertiary/aromatic N) is 2. The Morgan fingerprint density at radius 2 is 1.92 bits per heavy atom. The van der Waals surface area contributed by atoms with Gasteiger partial charge in [0.2, 0.25) is 12.1 Å². The molecule has 0 radical (unpaired) electrons. The van der Waals surface area contributed by atoms with Crippen LogP contribution in [0.2, 0.25) is 0 Å². The Morgan fingerprint density at radius 1 is 1.29 bits per heavy atom. The minimum absolute atomic E-state index is 0.0629. The summed E-state index contributed by atoms with van der Waals surface area (Å²) in [5.74, 6) is -4.93. The Hall–Kier alpha value is -2.25. The molecule has 38 heavy (non-hydrogen) atoms. The van der Waals surface area contributed by atoms with Gasteiger partial charge in [0.15, 0.2) is 0 Å². The Morgan fingerprint density at radius 3 is 2.47 bits per heavy atom. The van der Waals surface area contributed by atoms with Crippen LogP contribution in [0.25, 0.3) is 0 Å². The summed E-state index contributed by atoms with van der Waals surface area (Å²) in [6.45, 7) is 7.69. The fraction of sp³-hybridized carbons (Fsp3) is 0.739. The molecule has 0 aliphatic carbocycles. The van der Waals surface area contributed by atoms with Crippen LogP contribution in [0.3, 0.4) is 0 Å². The monoisotopic (exact) mass is 566 g/mol. The highest BCUT2D eigenvalue weighted by Gasteiger charge is 2.52. The van der Waals surface area contributed by atoms with Crippen LogP contribution in [0.5, 0.6) is 0 Å². The zero-order chi connectivity index (χ0) is 28.7. The first-order valence-electron chi connectivity index (χ1n) is 12.6. The molecule has 1 aliphatic heterocycles. The van der Waals surface area contributed by atoms with Gasteiger partial charge in [0.05, 0.1) is 18.8 Å². The van der Waals surface area contributed by atoms with Gasteiger partial charge in [-0.2, -0.15) is 4.98 Å². The number of carbonyl (C=O) groups is 2. The lowest BCUT2D eigenvalue weighted by atomic mass is 9.97. The lowest BCUT2D eigenvalue weighted by molar-refractivity contribution is -0.149. The molecule has 4 atom stereocenters. The zero-order valence-corrected chi connectivity index (χ0v) is 23.1. The van der Waals surface area contributed by atoms with Gasteiger partial charge in [0, 0.05) is 18.5 Å². The highest BCUT2D eigenvalue weighted by Crippen LogP contribution is 2.44. The third-order valence-electron chi connectivity index (χ3n) is 5.66.